The second-order valence-electron chi connectivity index (χ2n) is 7.61. The quantitative estimate of drug-likeness (QED) is 0.350. The van der Waals surface area contributed by atoms with Gasteiger partial charge in [0.2, 0.25) is 0 Å². The number of Topliss-reactive ketones (excluding diaryl/α,β-unsaturated/α-hetero) is 1. The average Bonchev–Trinajstić information content (AvgIpc) is 3.38. The Morgan fingerprint density at radius 1 is 1.10 bits per heavy atom. The first-order valence-electron chi connectivity index (χ1n) is 9.93. The molecule has 1 aliphatic rings. The Kier molecular flexibility index (Phi) is 5.65. The van der Waals surface area contributed by atoms with Crippen LogP contribution in [-0.4, -0.2) is 28.8 Å². The highest BCUT2D eigenvalue weighted by Crippen LogP contribution is 2.42. The first-order chi connectivity index (χ1) is 14.9. The van der Waals surface area contributed by atoms with Gasteiger partial charge in [0.05, 0.1) is 18.7 Å². The summed E-state index contributed by atoms with van der Waals surface area (Å²) in [4.78, 5) is 28.5. The van der Waals surface area contributed by atoms with E-state index in [9.17, 15) is 14.7 Å². The number of ketones is 1. The van der Waals surface area contributed by atoms with Crippen molar-refractivity contribution in [3.63, 3.8) is 0 Å². The Labute approximate surface area is 185 Å². The van der Waals surface area contributed by atoms with Gasteiger partial charge in [0.25, 0.3) is 11.7 Å². The number of aliphatic hydroxyl groups excluding tert-OH is 1. The van der Waals surface area contributed by atoms with Crippen molar-refractivity contribution in [3.8, 4) is 5.75 Å². The van der Waals surface area contributed by atoms with Crippen LogP contribution in [0.1, 0.15) is 33.2 Å². The number of aryl methyl sites for hydroxylation is 2. The second kappa shape index (κ2) is 8.40. The van der Waals surface area contributed by atoms with E-state index in [0.717, 1.165) is 21.6 Å². The van der Waals surface area contributed by atoms with E-state index in [0.29, 0.717) is 11.3 Å². The number of benzene rings is 2. The molecule has 1 atom stereocenters. The standard InChI is InChI=1S/C25H23NO4S/c1-15-9-10-16(2)19(12-15)23(27)21-22(20-8-5-11-31-20)26(25(29)24(21)28)14-17-6-4-7-18(13-17)30-3/h4-13,22,27H,14H2,1-3H3/b23-21-. The van der Waals surface area contributed by atoms with E-state index in [1.807, 2.05) is 73.8 Å². The van der Waals surface area contributed by atoms with Gasteiger partial charge in [-0.3, -0.25) is 9.59 Å². The summed E-state index contributed by atoms with van der Waals surface area (Å²) in [5.74, 6) is -0.740. The van der Waals surface area contributed by atoms with Crippen LogP contribution in [0.3, 0.4) is 0 Å². The second-order valence-corrected chi connectivity index (χ2v) is 8.59. The lowest BCUT2D eigenvalue weighted by molar-refractivity contribution is -0.140. The molecule has 0 saturated carbocycles. The highest BCUT2D eigenvalue weighted by molar-refractivity contribution is 7.10. The van der Waals surface area contributed by atoms with E-state index < -0.39 is 17.7 Å². The number of hydrogen-bond donors (Lipinski definition) is 1. The number of rotatable bonds is 5. The molecule has 1 amide bonds. The molecule has 1 N–H and O–H groups in total. The first kappa shape index (κ1) is 20.9. The van der Waals surface area contributed by atoms with Crippen molar-refractivity contribution < 1.29 is 19.4 Å². The van der Waals surface area contributed by atoms with Crippen molar-refractivity contribution in [3.05, 3.63) is 92.7 Å². The van der Waals surface area contributed by atoms with Crippen LogP contribution in [0.4, 0.5) is 0 Å². The fourth-order valence-corrected chi connectivity index (χ4v) is 4.73. The molecule has 1 saturated heterocycles. The number of nitrogens with zero attached hydrogens (tertiary/aromatic N) is 1. The van der Waals surface area contributed by atoms with Crippen molar-refractivity contribution in [1.29, 1.82) is 0 Å². The predicted octanol–water partition coefficient (Wildman–Crippen LogP) is 5.00. The van der Waals surface area contributed by atoms with E-state index >= 15 is 0 Å². The maximum atomic E-state index is 13.1. The zero-order chi connectivity index (χ0) is 22.1. The Balaban J connectivity index is 1.84. The summed E-state index contributed by atoms with van der Waals surface area (Å²) in [6.07, 6.45) is 0. The zero-order valence-electron chi connectivity index (χ0n) is 17.6. The largest absolute Gasteiger partial charge is 0.507 e. The first-order valence-corrected chi connectivity index (χ1v) is 10.8. The number of amides is 1. The van der Waals surface area contributed by atoms with Crippen LogP contribution >= 0.6 is 11.3 Å². The van der Waals surface area contributed by atoms with Crippen LogP contribution in [0.15, 0.2) is 65.6 Å². The van der Waals surface area contributed by atoms with E-state index in [1.165, 1.54) is 16.2 Å². The molecule has 1 aliphatic heterocycles. The number of methoxy groups -OCH3 is 1. The van der Waals surface area contributed by atoms with Crippen molar-refractivity contribution in [2.45, 2.75) is 26.4 Å². The van der Waals surface area contributed by atoms with Gasteiger partial charge in [0, 0.05) is 17.0 Å². The molecule has 0 bridgehead atoms. The third-order valence-electron chi connectivity index (χ3n) is 5.49. The molecule has 158 valence electrons. The molecular weight excluding hydrogens is 410 g/mol. The molecule has 3 aromatic rings. The summed E-state index contributed by atoms with van der Waals surface area (Å²) < 4.78 is 5.29. The Morgan fingerprint density at radius 2 is 1.90 bits per heavy atom. The van der Waals surface area contributed by atoms with Crippen molar-refractivity contribution in [2.24, 2.45) is 0 Å². The van der Waals surface area contributed by atoms with Crippen LogP contribution in [-0.2, 0) is 16.1 Å². The van der Waals surface area contributed by atoms with E-state index in [4.69, 9.17) is 4.74 Å². The normalized spacial score (nSPS) is 17.9. The average molecular weight is 434 g/mol. The van der Waals surface area contributed by atoms with Gasteiger partial charge < -0.3 is 14.7 Å². The summed E-state index contributed by atoms with van der Waals surface area (Å²) in [5.41, 5.74) is 3.34. The minimum Gasteiger partial charge on any atom is -0.507 e. The molecule has 1 fully saturated rings. The number of carbonyl (C=O) groups excluding carboxylic acids is 2. The molecule has 0 spiro atoms. The Hall–Kier alpha value is -3.38. The SMILES string of the molecule is COc1cccc(CN2C(=O)C(=O)/C(=C(\O)c3cc(C)ccc3C)C2c2cccs2)c1. The number of hydrogen-bond acceptors (Lipinski definition) is 5. The predicted molar refractivity (Wildman–Crippen MR) is 121 cm³/mol. The summed E-state index contributed by atoms with van der Waals surface area (Å²) in [6, 6.07) is 16.2. The molecule has 31 heavy (non-hydrogen) atoms. The van der Waals surface area contributed by atoms with Gasteiger partial charge in [-0.1, -0.05) is 35.9 Å². The van der Waals surface area contributed by atoms with Gasteiger partial charge in [-0.05, 0) is 54.6 Å². The molecule has 1 unspecified atom stereocenters. The van der Waals surface area contributed by atoms with Gasteiger partial charge in [0.1, 0.15) is 11.5 Å². The Bertz CT molecular complexity index is 1180. The summed E-state index contributed by atoms with van der Waals surface area (Å²) in [6.45, 7) is 4.03. The summed E-state index contributed by atoms with van der Waals surface area (Å²) >= 11 is 1.45. The van der Waals surface area contributed by atoms with E-state index in [1.54, 1.807) is 7.11 Å². The smallest absolute Gasteiger partial charge is 0.295 e. The minimum atomic E-state index is -0.667. The van der Waals surface area contributed by atoms with Crippen molar-refractivity contribution in [2.75, 3.05) is 7.11 Å². The molecule has 4 rings (SSSR count). The molecule has 1 aromatic heterocycles. The lowest BCUT2D eigenvalue weighted by Crippen LogP contribution is -2.28. The lowest BCUT2D eigenvalue weighted by Gasteiger charge is -2.24. The maximum Gasteiger partial charge on any atom is 0.295 e. The monoisotopic (exact) mass is 433 g/mol. The van der Waals surface area contributed by atoms with Gasteiger partial charge in [-0.2, -0.15) is 0 Å². The summed E-state index contributed by atoms with van der Waals surface area (Å²) in [5, 5.41) is 13.1. The highest BCUT2D eigenvalue weighted by atomic mass is 32.1. The van der Waals surface area contributed by atoms with Gasteiger partial charge in [-0.15, -0.1) is 11.3 Å². The molecular formula is C25H23NO4S. The number of aliphatic hydroxyl groups is 1. The van der Waals surface area contributed by atoms with Gasteiger partial charge >= 0.3 is 0 Å². The number of likely N-dealkylation sites (tertiary alicyclic amines) is 1. The number of thiophene rings is 1. The molecule has 0 aliphatic carbocycles. The fourth-order valence-electron chi connectivity index (χ4n) is 3.89. The third kappa shape index (κ3) is 3.86. The highest BCUT2D eigenvalue weighted by Gasteiger charge is 2.46. The third-order valence-corrected chi connectivity index (χ3v) is 6.41. The maximum absolute atomic E-state index is 13.1. The van der Waals surface area contributed by atoms with Crippen molar-refractivity contribution in [1.82, 2.24) is 4.90 Å². The molecule has 0 radical (unpaired) electrons. The summed E-state index contributed by atoms with van der Waals surface area (Å²) in [7, 11) is 1.58. The fraction of sp³-hybridized carbons (Fsp3) is 0.200. The zero-order valence-corrected chi connectivity index (χ0v) is 18.4. The van der Waals surface area contributed by atoms with Crippen LogP contribution < -0.4 is 4.74 Å². The van der Waals surface area contributed by atoms with Crippen LogP contribution in [0.2, 0.25) is 0 Å². The van der Waals surface area contributed by atoms with E-state index in [-0.39, 0.29) is 17.9 Å². The van der Waals surface area contributed by atoms with Crippen molar-refractivity contribution >= 4 is 28.8 Å². The van der Waals surface area contributed by atoms with Gasteiger partial charge in [0.15, 0.2) is 0 Å². The van der Waals surface area contributed by atoms with Crippen LogP contribution in [0, 0.1) is 13.8 Å². The molecule has 5 nitrogen and oxygen atoms in total. The van der Waals surface area contributed by atoms with Crippen LogP contribution in [0.5, 0.6) is 5.75 Å². The number of carbonyl (C=O) groups is 2. The lowest BCUT2D eigenvalue weighted by atomic mass is 9.96. The molecule has 2 heterocycles. The Morgan fingerprint density at radius 3 is 2.61 bits per heavy atom. The van der Waals surface area contributed by atoms with Crippen LogP contribution in [0.25, 0.3) is 5.76 Å². The topological polar surface area (TPSA) is 66.8 Å². The van der Waals surface area contributed by atoms with E-state index in [2.05, 4.69) is 0 Å². The molecule has 2 aromatic carbocycles. The number of ether oxygens (including phenoxy) is 1. The minimum absolute atomic E-state index is 0.129. The molecule has 6 heteroatoms. The van der Waals surface area contributed by atoms with Gasteiger partial charge in [-0.25, -0.2) is 0 Å².